The van der Waals surface area contributed by atoms with Crippen LogP contribution < -0.4 is 9.47 Å². The van der Waals surface area contributed by atoms with Crippen molar-refractivity contribution in [3.8, 4) is 11.5 Å². The summed E-state index contributed by atoms with van der Waals surface area (Å²) in [5.74, 6) is 1.33. The number of amides is 1. The minimum atomic E-state index is -0.0632. The number of methoxy groups -OCH3 is 1. The van der Waals surface area contributed by atoms with Gasteiger partial charge < -0.3 is 19.5 Å². The Morgan fingerprint density at radius 3 is 2.43 bits per heavy atom. The lowest BCUT2D eigenvalue weighted by Crippen LogP contribution is -2.43. The Bertz CT molecular complexity index is 440. The Hall–Kier alpha value is -1.75. The zero-order valence-corrected chi connectivity index (χ0v) is 12.5. The predicted octanol–water partition coefficient (Wildman–Crippen LogP) is 1.84. The van der Waals surface area contributed by atoms with E-state index in [1.807, 2.05) is 0 Å². The van der Waals surface area contributed by atoms with Crippen LogP contribution in [0.25, 0.3) is 0 Å². The van der Waals surface area contributed by atoms with Gasteiger partial charge in [0.1, 0.15) is 11.5 Å². The van der Waals surface area contributed by atoms with Gasteiger partial charge in [0.05, 0.1) is 13.7 Å². The Kier molecular flexibility index (Phi) is 5.87. The first-order chi connectivity index (χ1) is 10.2. The molecule has 1 aliphatic rings. The zero-order valence-electron chi connectivity index (χ0n) is 12.5. The van der Waals surface area contributed by atoms with Gasteiger partial charge in [-0.3, -0.25) is 4.79 Å². The summed E-state index contributed by atoms with van der Waals surface area (Å²) in [5, 5.41) is 9.14. The van der Waals surface area contributed by atoms with Crippen molar-refractivity contribution in [2.24, 2.45) is 0 Å². The highest BCUT2D eigenvalue weighted by molar-refractivity contribution is 5.78. The van der Waals surface area contributed by atoms with Crippen LogP contribution in [-0.2, 0) is 4.79 Å². The van der Waals surface area contributed by atoms with Crippen molar-refractivity contribution in [3.63, 3.8) is 0 Å². The number of benzene rings is 1. The van der Waals surface area contributed by atoms with Crippen LogP contribution in [0.4, 0.5) is 0 Å². The van der Waals surface area contributed by atoms with Crippen molar-refractivity contribution in [1.82, 2.24) is 4.90 Å². The molecule has 0 radical (unpaired) electrons. The molecule has 1 aromatic carbocycles. The van der Waals surface area contributed by atoms with Gasteiger partial charge >= 0.3 is 0 Å². The van der Waals surface area contributed by atoms with Crippen LogP contribution >= 0.6 is 0 Å². The maximum atomic E-state index is 12.3. The zero-order chi connectivity index (χ0) is 15.1. The molecule has 0 bridgehead atoms. The first-order valence-corrected chi connectivity index (χ1v) is 7.41. The third-order valence-corrected chi connectivity index (χ3v) is 3.85. The second kappa shape index (κ2) is 7.88. The second-order valence-electron chi connectivity index (χ2n) is 5.21. The highest BCUT2D eigenvalue weighted by Gasteiger charge is 2.26. The van der Waals surface area contributed by atoms with E-state index < -0.39 is 0 Å². The van der Waals surface area contributed by atoms with Crippen LogP contribution in [0.3, 0.4) is 0 Å². The molecule has 1 aliphatic carbocycles. The summed E-state index contributed by atoms with van der Waals surface area (Å²) in [5.41, 5.74) is 0. The maximum absolute atomic E-state index is 12.3. The predicted molar refractivity (Wildman–Crippen MR) is 79.5 cm³/mol. The van der Waals surface area contributed by atoms with Crippen LogP contribution in [0.1, 0.15) is 25.7 Å². The molecule has 0 atom stereocenters. The quantitative estimate of drug-likeness (QED) is 0.833. The van der Waals surface area contributed by atoms with Gasteiger partial charge in [0.25, 0.3) is 5.91 Å². The molecule has 1 fully saturated rings. The van der Waals surface area contributed by atoms with E-state index in [4.69, 9.17) is 14.6 Å². The molecule has 1 saturated carbocycles. The van der Waals surface area contributed by atoms with Gasteiger partial charge in [-0.2, -0.15) is 0 Å². The van der Waals surface area contributed by atoms with Crippen molar-refractivity contribution < 1.29 is 19.4 Å². The smallest absolute Gasteiger partial charge is 0.260 e. The van der Waals surface area contributed by atoms with E-state index in [9.17, 15) is 4.79 Å². The van der Waals surface area contributed by atoms with Crippen molar-refractivity contribution >= 4 is 5.91 Å². The summed E-state index contributed by atoms with van der Waals surface area (Å²) in [6.07, 6.45) is 4.35. The molecule has 1 N–H and O–H groups in total. The summed E-state index contributed by atoms with van der Waals surface area (Å²) in [6.45, 7) is 0.378. The Labute approximate surface area is 125 Å². The molecule has 1 aromatic rings. The normalized spacial score (nSPS) is 15.0. The number of nitrogens with zero attached hydrogens (tertiary/aromatic N) is 1. The molecule has 0 saturated heterocycles. The third-order valence-electron chi connectivity index (χ3n) is 3.85. The highest BCUT2D eigenvalue weighted by atomic mass is 16.5. The highest BCUT2D eigenvalue weighted by Crippen LogP contribution is 2.23. The number of aliphatic hydroxyl groups excluding tert-OH is 1. The maximum Gasteiger partial charge on any atom is 0.260 e. The van der Waals surface area contributed by atoms with E-state index in [-0.39, 0.29) is 25.2 Å². The first kappa shape index (κ1) is 15.6. The van der Waals surface area contributed by atoms with Crippen LogP contribution in [-0.4, -0.2) is 48.8 Å². The van der Waals surface area contributed by atoms with Gasteiger partial charge in [-0.05, 0) is 37.1 Å². The molecule has 116 valence electrons. The van der Waals surface area contributed by atoms with E-state index >= 15 is 0 Å². The molecule has 5 heteroatoms. The van der Waals surface area contributed by atoms with Crippen LogP contribution in [0, 0.1) is 0 Å². The minimum Gasteiger partial charge on any atom is -0.497 e. The Morgan fingerprint density at radius 2 is 1.86 bits per heavy atom. The van der Waals surface area contributed by atoms with Gasteiger partial charge in [-0.1, -0.05) is 12.8 Å². The molecule has 2 rings (SSSR count). The molecule has 0 aromatic heterocycles. The average Bonchev–Trinajstić information content (AvgIpc) is 3.04. The summed E-state index contributed by atoms with van der Waals surface area (Å²) in [4.78, 5) is 14.0. The van der Waals surface area contributed by atoms with Gasteiger partial charge in [0, 0.05) is 12.6 Å². The topological polar surface area (TPSA) is 59.0 Å². The largest absolute Gasteiger partial charge is 0.497 e. The van der Waals surface area contributed by atoms with Crippen LogP contribution in [0.15, 0.2) is 24.3 Å². The lowest BCUT2D eigenvalue weighted by Gasteiger charge is -2.28. The lowest BCUT2D eigenvalue weighted by atomic mass is 10.2. The average molecular weight is 293 g/mol. The standard InChI is InChI=1S/C16H23NO4/c1-20-14-6-8-15(9-7-14)21-12-16(19)17(10-11-18)13-4-2-3-5-13/h6-9,13,18H,2-5,10-12H2,1H3. The minimum absolute atomic E-state index is 0.00281. The van der Waals surface area contributed by atoms with Crippen molar-refractivity contribution in [3.05, 3.63) is 24.3 Å². The number of hydrogen-bond donors (Lipinski definition) is 1. The summed E-state index contributed by atoms with van der Waals surface area (Å²) >= 11 is 0. The number of rotatable bonds is 7. The monoisotopic (exact) mass is 293 g/mol. The van der Waals surface area contributed by atoms with Gasteiger partial charge in [-0.25, -0.2) is 0 Å². The van der Waals surface area contributed by atoms with E-state index in [0.29, 0.717) is 12.3 Å². The van der Waals surface area contributed by atoms with Crippen molar-refractivity contribution in [1.29, 1.82) is 0 Å². The van der Waals surface area contributed by atoms with Gasteiger partial charge in [0.2, 0.25) is 0 Å². The molecule has 1 amide bonds. The molecular formula is C16H23NO4. The Morgan fingerprint density at radius 1 is 1.24 bits per heavy atom. The van der Waals surface area contributed by atoms with Crippen molar-refractivity contribution in [2.45, 2.75) is 31.7 Å². The van der Waals surface area contributed by atoms with E-state index in [0.717, 1.165) is 31.4 Å². The van der Waals surface area contributed by atoms with Crippen LogP contribution in [0.2, 0.25) is 0 Å². The fraction of sp³-hybridized carbons (Fsp3) is 0.562. The number of hydrogen-bond acceptors (Lipinski definition) is 4. The van der Waals surface area contributed by atoms with Gasteiger partial charge in [-0.15, -0.1) is 0 Å². The fourth-order valence-corrected chi connectivity index (χ4v) is 2.73. The fourth-order valence-electron chi connectivity index (χ4n) is 2.73. The van der Waals surface area contributed by atoms with E-state index in [1.165, 1.54) is 0 Å². The molecule has 0 heterocycles. The van der Waals surface area contributed by atoms with Crippen LogP contribution in [0.5, 0.6) is 11.5 Å². The van der Waals surface area contributed by atoms with E-state index in [1.54, 1.807) is 36.3 Å². The molecule has 21 heavy (non-hydrogen) atoms. The Balaban J connectivity index is 1.88. The number of carbonyl (C=O) groups excluding carboxylic acids is 1. The summed E-state index contributed by atoms with van der Waals surface area (Å²) < 4.78 is 10.6. The first-order valence-electron chi connectivity index (χ1n) is 7.41. The summed E-state index contributed by atoms with van der Waals surface area (Å²) in [6, 6.07) is 7.39. The molecular weight excluding hydrogens is 270 g/mol. The molecule has 0 aliphatic heterocycles. The van der Waals surface area contributed by atoms with Crippen molar-refractivity contribution in [2.75, 3.05) is 26.9 Å². The molecule has 0 spiro atoms. The lowest BCUT2D eigenvalue weighted by molar-refractivity contribution is -0.136. The second-order valence-corrected chi connectivity index (χ2v) is 5.21. The van der Waals surface area contributed by atoms with Gasteiger partial charge in [0.15, 0.2) is 6.61 Å². The number of carbonyl (C=O) groups is 1. The number of aliphatic hydroxyl groups is 1. The SMILES string of the molecule is COc1ccc(OCC(=O)N(CCO)C2CCCC2)cc1. The summed E-state index contributed by atoms with van der Waals surface area (Å²) in [7, 11) is 1.60. The molecule has 0 unspecified atom stereocenters. The van der Waals surface area contributed by atoms with E-state index in [2.05, 4.69) is 0 Å². The molecule has 5 nitrogen and oxygen atoms in total. The number of ether oxygens (including phenoxy) is 2. The third kappa shape index (κ3) is 4.36.